The minimum atomic E-state index is 0.781. The molecule has 18 heavy (non-hydrogen) atoms. The molecule has 0 aliphatic heterocycles. The van der Waals surface area contributed by atoms with Crippen molar-refractivity contribution in [2.75, 3.05) is 6.54 Å². The summed E-state index contributed by atoms with van der Waals surface area (Å²) < 4.78 is 2.00. The molecule has 0 fully saturated rings. The number of hydrogen-bond acceptors (Lipinski definition) is 3. The van der Waals surface area contributed by atoms with Gasteiger partial charge in [-0.3, -0.25) is 0 Å². The summed E-state index contributed by atoms with van der Waals surface area (Å²) in [5, 5.41) is 5.08. The fraction of sp³-hybridized carbons (Fsp3) is 0.308. The van der Waals surface area contributed by atoms with Crippen LogP contribution < -0.4 is 5.32 Å². The van der Waals surface area contributed by atoms with Crippen LogP contribution in [-0.2, 0) is 13.6 Å². The number of halogens is 1. The van der Waals surface area contributed by atoms with Gasteiger partial charge < -0.3 is 9.88 Å². The van der Waals surface area contributed by atoms with Crippen LogP contribution in [0.5, 0.6) is 0 Å². The Balaban J connectivity index is 2.26. The molecule has 2 aromatic rings. The molecule has 0 amide bonds. The molecule has 0 unspecified atom stereocenters. The van der Waals surface area contributed by atoms with Crippen LogP contribution in [0.1, 0.15) is 12.5 Å². The highest BCUT2D eigenvalue weighted by Gasteiger charge is 2.10. The third-order valence-corrected chi connectivity index (χ3v) is 4.14. The Bertz CT molecular complexity index is 525. The molecule has 0 aliphatic carbocycles. The van der Waals surface area contributed by atoms with E-state index in [4.69, 9.17) is 11.6 Å². The highest BCUT2D eigenvalue weighted by molar-refractivity contribution is 7.99. The zero-order chi connectivity index (χ0) is 13.0. The van der Waals surface area contributed by atoms with E-state index < -0.39 is 0 Å². The van der Waals surface area contributed by atoms with Crippen LogP contribution in [0, 0.1) is 0 Å². The van der Waals surface area contributed by atoms with Crippen molar-refractivity contribution < 1.29 is 0 Å². The summed E-state index contributed by atoms with van der Waals surface area (Å²) in [6, 6.07) is 5.98. The number of rotatable bonds is 5. The van der Waals surface area contributed by atoms with E-state index in [1.54, 1.807) is 18.0 Å². The minimum absolute atomic E-state index is 0.781. The van der Waals surface area contributed by atoms with Gasteiger partial charge in [0.2, 0.25) is 0 Å². The molecule has 1 aromatic heterocycles. The van der Waals surface area contributed by atoms with Gasteiger partial charge in [0.25, 0.3) is 0 Å². The van der Waals surface area contributed by atoms with Gasteiger partial charge in [-0.15, -0.1) is 0 Å². The third kappa shape index (κ3) is 3.07. The molecule has 3 nitrogen and oxygen atoms in total. The number of aromatic nitrogens is 2. The Morgan fingerprint density at radius 3 is 2.94 bits per heavy atom. The molecule has 0 bridgehead atoms. The molecule has 0 atom stereocenters. The van der Waals surface area contributed by atoms with Crippen LogP contribution in [0.2, 0.25) is 5.02 Å². The van der Waals surface area contributed by atoms with Crippen molar-refractivity contribution >= 4 is 23.4 Å². The van der Waals surface area contributed by atoms with Crippen LogP contribution in [0.3, 0.4) is 0 Å². The third-order valence-electron chi connectivity index (χ3n) is 2.61. The Hall–Kier alpha value is -0.970. The van der Waals surface area contributed by atoms with Crippen molar-refractivity contribution in [3.63, 3.8) is 0 Å². The van der Waals surface area contributed by atoms with E-state index in [0.717, 1.165) is 33.7 Å². The number of hydrogen-bond donors (Lipinski definition) is 1. The normalized spacial score (nSPS) is 10.8. The van der Waals surface area contributed by atoms with Gasteiger partial charge in [0, 0.05) is 35.9 Å². The van der Waals surface area contributed by atoms with E-state index in [2.05, 4.69) is 23.3 Å². The summed E-state index contributed by atoms with van der Waals surface area (Å²) in [5.74, 6) is 0. The minimum Gasteiger partial charge on any atom is -0.329 e. The molecule has 1 N–H and O–H groups in total. The van der Waals surface area contributed by atoms with E-state index in [-0.39, 0.29) is 0 Å². The van der Waals surface area contributed by atoms with E-state index in [0.29, 0.717) is 0 Å². The molecule has 0 saturated carbocycles. The maximum Gasteiger partial charge on any atom is 0.172 e. The van der Waals surface area contributed by atoms with Gasteiger partial charge in [0.15, 0.2) is 5.16 Å². The fourth-order valence-corrected chi connectivity index (χ4v) is 2.87. The number of nitrogens with one attached hydrogen (secondary N) is 1. The molecule has 96 valence electrons. The molecule has 5 heteroatoms. The molecule has 1 heterocycles. The lowest BCUT2D eigenvalue weighted by Crippen LogP contribution is -2.12. The Morgan fingerprint density at radius 1 is 1.44 bits per heavy atom. The molecule has 0 saturated heterocycles. The Morgan fingerprint density at radius 2 is 2.28 bits per heavy atom. The number of aryl methyl sites for hydroxylation is 1. The molecular weight excluding hydrogens is 266 g/mol. The van der Waals surface area contributed by atoms with Gasteiger partial charge in [0.05, 0.1) is 0 Å². The van der Waals surface area contributed by atoms with Crippen LogP contribution >= 0.6 is 23.4 Å². The number of benzene rings is 1. The predicted octanol–water partition coefficient (Wildman–Crippen LogP) is 3.33. The lowest BCUT2D eigenvalue weighted by Gasteiger charge is -2.11. The Labute approximate surface area is 117 Å². The van der Waals surface area contributed by atoms with Crippen molar-refractivity contribution in [2.45, 2.75) is 23.5 Å². The van der Waals surface area contributed by atoms with Crippen molar-refractivity contribution in [3.8, 4) is 0 Å². The second-order valence-corrected chi connectivity index (χ2v) is 5.34. The molecule has 1 aromatic carbocycles. The molecule has 2 rings (SSSR count). The summed E-state index contributed by atoms with van der Waals surface area (Å²) in [5.41, 5.74) is 1.13. The van der Waals surface area contributed by atoms with Crippen molar-refractivity contribution in [1.29, 1.82) is 0 Å². The first-order valence-electron chi connectivity index (χ1n) is 5.85. The maximum absolute atomic E-state index is 6.26. The zero-order valence-electron chi connectivity index (χ0n) is 10.5. The quantitative estimate of drug-likeness (QED) is 0.912. The van der Waals surface area contributed by atoms with Gasteiger partial charge in [0.1, 0.15) is 0 Å². The summed E-state index contributed by atoms with van der Waals surface area (Å²) in [6.07, 6.45) is 3.74. The largest absolute Gasteiger partial charge is 0.329 e. The first-order valence-corrected chi connectivity index (χ1v) is 7.05. The first kappa shape index (κ1) is 13.5. The second-order valence-electron chi connectivity index (χ2n) is 3.92. The van der Waals surface area contributed by atoms with Crippen LogP contribution in [-0.4, -0.2) is 16.1 Å². The molecule has 0 radical (unpaired) electrons. The average Bonchev–Trinajstić information content (AvgIpc) is 2.74. The highest BCUT2D eigenvalue weighted by Crippen LogP contribution is 2.32. The van der Waals surface area contributed by atoms with Crippen LogP contribution in [0.4, 0.5) is 0 Å². The van der Waals surface area contributed by atoms with Gasteiger partial charge in [-0.05, 0) is 24.2 Å². The SMILES string of the molecule is CCNCc1c(Cl)cccc1Sc1nccn1C. The summed E-state index contributed by atoms with van der Waals surface area (Å²) in [4.78, 5) is 5.48. The van der Waals surface area contributed by atoms with E-state index in [1.807, 2.05) is 29.9 Å². The van der Waals surface area contributed by atoms with Crippen LogP contribution in [0.25, 0.3) is 0 Å². The van der Waals surface area contributed by atoms with Gasteiger partial charge in [-0.1, -0.05) is 36.4 Å². The number of imidazole rings is 1. The summed E-state index contributed by atoms with van der Waals surface area (Å²) in [7, 11) is 1.99. The van der Waals surface area contributed by atoms with E-state index in [9.17, 15) is 0 Å². The Kier molecular flexibility index (Phi) is 4.69. The van der Waals surface area contributed by atoms with Crippen molar-refractivity contribution in [2.24, 2.45) is 7.05 Å². The van der Waals surface area contributed by atoms with E-state index in [1.165, 1.54) is 0 Å². The summed E-state index contributed by atoms with van der Waals surface area (Å²) in [6.45, 7) is 3.79. The lowest BCUT2D eigenvalue weighted by molar-refractivity contribution is 0.717. The fourth-order valence-electron chi connectivity index (χ4n) is 1.60. The highest BCUT2D eigenvalue weighted by atomic mass is 35.5. The average molecular weight is 282 g/mol. The predicted molar refractivity (Wildman–Crippen MR) is 76.2 cm³/mol. The second kappa shape index (κ2) is 6.27. The van der Waals surface area contributed by atoms with Crippen molar-refractivity contribution in [3.05, 3.63) is 41.2 Å². The van der Waals surface area contributed by atoms with Gasteiger partial charge in [-0.25, -0.2) is 4.98 Å². The van der Waals surface area contributed by atoms with E-state index >= 15 is 0 Å². The molecular formula is C13H16ClN3S. The number of nitrogens with zero attached hydrogens (tertiary/aromatic N) is 2. The van der Waals surface area contributed by atoms with Crippen LogP contribution in [0.15, 0.2) is 40.6 Å². The van der Waals surface area contributed by atoms with Gasteiger partial charge in [-0.2, -0.15) is 0 Å². The maximum atomic E-state index is 6.26. The van der Waals surface area contributed by atoms with Crippen molar-refractivity contribution in [1.82, 2.24) is 14.9 Å². The zero-order valence-corrected chi connectivity index (χ0v) is 12.1. The molecule has 0 aliphatic rings. The van der Waals surface area contributed by atoms with Gasteiger partial charge >= 0.3 is 0 Å². The smallest absolute Gasteiger partial charge is 0.172 e. The molecule has 0 spiro atoms. The standard InChI is InChI=1S/C13H16ClN3S/c1-3-15-9-10-11(14)5-4-6-12(10)18-13-16-7-8-17(13)2/h4-8,15H,3,9H2,1-2H3. The monoisotopic (exact) mass is 281 g/mol. The summed E-state index contributed by atoms with van der Waals surface area (Å²) >= 11 is 7.90. The lowest BCUT2D eigenvalue weighted by atomic mass is 10.2. The first-order chi connectivity index (χ1) is 8.72. The topological polar surface area (TPSA) is 29.9 Å².